The highest BCUT2D eigenvalue weighted by Gasteiger charge is 2.24. The second-order valence-corrected chi connectivity index (χ2v) is 7.94. The summed E-state index contributed by atoms with van der Waals surface area (Å²) in [6, 6.07) is 0. The van der Waals surface area contributed by atoms with E-state index in [2.05, 4.69) is 43.1 Å². The van der Waals surface area contributed by atoms with Crippen LogP contribution in [0.1, 0.15) is 22.7 Å². The van der Waals surface area contributed by atoms with Gasteiger partial charge in [0.15, 0.2) is 5.65 Å². The maximum absolute atomic E-state index is 4.44. The number of aromatic nitrogens is 4. The molecule has 1 aliphatic rings. The SMILES string of the molecule is Cc1ncsc1CN(C)C[C@@H]1CCN(Cc2cnc3cnccn23)C1. The first-order chi connectivity index (χ1) is 12.2. The molecule has 6 nitrogen and oxygen atoms in total. The molecule has 132 valence electrons. The van der Waals surface area contributed by atoms with Gasteiger partial charge < -0.3 is 4.90 Å². The molecular formula is C18H24N6S. The fourth-order valence-electron chi connectivity index (χ4n) is 3.67. The molecule has 0 spiro atoms. The van der Waals surface area contributed by atoms with Gasteiger partial charge in [-0.3, -0.25) is 14.3 Å². The number of rotatable bonds is 6. The van der Waals surface area contributed by atoms with Crippen LogP contribution >= 0.6 is 11.3 Å². The summed E-state index contributed by atoms with van der Waals surface area (Å²) in [7, 11) is 2.22. The first-order valence-electron chi connectivity index (χ1n) is 8.75. The Morgan fingerprint density at radius 2 is 2.24 bits per heavy atom. The lowest BCUT2D eigenvalue weighted by molar-refractivity contribution is 0.254. The summed E-state index contributed by atoms with van der Waals surface area (Å²) in [4.78, 5) is 19.3. The third-order valence-electron chi connectivity index (χ3n) is 4.98. The monoisotopic (exact) mass is 356 g/mol. The molecule has 0 bridgehead atoms. The average Bonchev–Trinajstić information content (AvgIpc) is 3.31. The lowest BCUT2D eigenvalue weighted by Gasteiger charge is -2.21. The van der Waals surface area contributed by atoms with Gasteiger partial charge in [-0.1, -0.05) is 0 Å². The van der Waals surface area contributed by atoms with Gasteiger partial charge in [0.25, 0.3) is 0 Å². The van der Waals surface area contributed by atoms with Crippen molar-refractivity contribution in [3.05, 3.63) is 46.6 Å². The molecule has 1 atom stereocenters. The summed E-state index contributed by atoms with van der Waals surface area (Å²) < 4.78 is 2.14. The lowest BCUT2D eigenvalue weighted by atomic mass is 10.1. The summed E-state index contributed by atoms with van der Waals surface area (Å²) in [5.41, 5.74) is 5.29. The van der Waals surface area contributed by atoms with E-state index < -0.39 is 0 Å². The topological polar surface area (TPSA) is 49.6 Å². The maximum atomic E-state index is 4.44. The van der Waals surface area contributed by atoms with Crippen molar-refractivity contribution in [2.24, 2.45) is 5.92 Å². The van der Waals surface area contributed by atoms with Crippen molar-refractivity contribution in [2.75, 3.05) is 26.7 Å². The van der Waals surface area contributed by atoms with E-state index in [1.807, 2.05) is 30.3 Å². The van der Waals surface area contributed by atoms with E-state index in [4.69, 9.17) is 0 Å². The molecule has 4 heterocycles. The van der Waals surface area contributed by atoms with E-state index in [9.17, 15) is 0 Å². The van der Waals surface area contributed by atoms with Gasteiger partial charge in [-0.15, -0.1) is 11.3 Å². The summed E-state index contributed by atoms with van der Waals surface area (Å²) in [6.45, 7) is 7.53. The van der Waals surface area contributed by atoms with E-state index in [1.165, 1.54) is 22.7 Å². The minimum absolute atomic E-state index is 0.735. The van der Waals surface area contributed by atoms with Gasteiger partial charge in [-0.25, -0.2) is 9.97 Å². The lowest BCUT2D eigenvalue weighted by Crippen LogP contribution is -2.28. The summed E-state index contributed by atoms with van der Waals surface area (Å²) in [6.07, 6.45) is 8.87. The predicted octanol–water partition coefficient (Wildman–Crippen LogP) is 2.45. The summed E-state index contributed by atoms with van der Waals surface area (Å²) in [5, 5.41) is 0. The third-order valence-corrected chi connectivity index (χ3v) is 5.90. The number of thiazole rings is 1. The van der Waals surface area contributed by atoms with Gasteiger partial charge in [0.2, 0.25) is 0 Å². The molecule has 1 saturated heterocycles. The Labute approximate surface area is 152 Å². The number of likely N-dealkylation sites (tertiary alicyclic amines) is 1. The molecule has 0 aliphatic carbocycles. The van der Waals surface area contributed by atoms with Gasteiger partial charge in [0.1, 0.15) is 0 Å². The minimum atomic E-state index is 0.735. The van der Waals surface area contributed by atoms with Crippen LogP contribution in [0.15, 0.2) is 30.3 Å². The molecule has 0 N–H and O–H groups in total. The summed E-state index contributed by atoms with van der Waals surface area (Å²) >= 11 is 1.76. The fraction of sp³-hybridized carbons (Fsp3) is 0.500. The van der Waals surface area contributed by atoms with Crippen LogP contribution in [0.5, 0.6) is 0 Å². The number of imidazole rings is 1. The van der Waals surface area contributed by atoms with E-state index in [0.717, 1.165) is 44.3 Å². The molecule has 0 aromatic carbocycles. The van der Waals surface area contributed by atoms with E-state index >= 15 is 0 Å². The molecule has 7 heteroatoms. The minimum Gasteiger partial charge on any atom is -0.301 e. The molecule has 3 aromatic rings. The van der Waals surface area contributed by atoms with Crippen LogP contribution < -0.4 is 0 Å². The zero-order chi connectivity index (χ0) is 17.2. The zero-order valence-corrected chi connectivity index (χ0v) is 15.6. The van der Waals surface area contributed by atoms with Gasteiger partial charge in [0, 0.05) is 43.4 Å². The Morgan fingerprint density at radius 1 is 1.32 bits per heavy atom. The fourth-order valence-corrected chi connectivity index (χ4v) is 4.53. The number of fused-ring (bicyclic) bond motifs is 1. The van der Waals surface area contributed by atoms with E-state index in [0.29, 0.717) is 0 Å². The van der Waals surface area contributed by atoms with Gasteiger partial charge in [0.05, 0.1) is 29.3 Å². The van der Waals surface area contributed by atoms with Crippen molar-refractivity contribution < 1.29 is 0 Å². The Kier molecular flexibility index (Phi) is 4.78. The standard InChI is InChI=1S/C18H24N6S/c1-14-17(25-13-21-14)12-22(2)9-15-3-5-23(10-15)11-16-7-20-18-8-19-4-6-24(16)18/h4,6-8,13,15H,3,5,9-12H2,1-2H3/t15-/m0/s1. The van der Waals surface area contributed by atoms with Crippen LogP contribution in [0.2, 0.25) is 0 Å². The number of aryl methyl sites for hydroxylation is 1. The molecule has 0 unspecified atom stereocenters. The Bertz CT molecular complexity index is 841. The highest BCUT2D eigenvalue weighted by molar-refractivity contribution is 7.09. The Hall–Kier alpha value is -1.83. The normalized spacial score (nSPS) is 18.6. The van der Waals surface area contributed by atoms with Gasteiger partial charge in [-0.2, -0.15) is 0 Å². The van der Waals surface area contributed by atoms with Crippen LogP contribution in [-0.4, -0.2) is 55.8 Å². The number of hydrogen-bond donors (Lipinski definition) is 0. The highest BCUT2D eigenvalue weighted by atomic mass is 32.1. The Balaban J connectivity index is 1.31. The van der Waals surface area contributed by atoms with Crippen molar-refractivity contribution >= 4 is 17.0 Å². The predicted molar refractivity (Wildman–Crippen MR) is 99.6 cm³/mol. The smallest absolute Gasteiger partial charge is 0.155 e. The number of nitrogens with zero attached hydrogens (tertiary/aromatic N) is 6. The molecule has 25 heavy (non-hydrogen) atoms. The molecule has 1 aliphatic heterocycles. The summed E-state index contributed by atoms with van der Waals surface area (Å²) in [5.74, 6) is 0.735. The van der Waals surface area contributed by atoms with Crippen LogP contribution in [0.25, 0.3) is 5.65 Å². The van der Waals surface area contributed by atoms with Crippen molar-refractivity contribution in [1.29, 1.82) is 0 Å². The molecule has 4 rings (SSSR count). The second-order valence-electron chi connectivity index (χ2n) is 7.00. The van der Waals surface area contributed by atoms with Crippen LogP contribution in [-0.2, 0) is 13.1 Å². The molecule has 0 amide bonds. The Morgan fingerprint density at radius 3 is 3.08 bits per heavy atom. The molecule has 1 fully saturated rings. The van der Waals surface area contributed by atoms with Crippen molar-refractivity contribution in [3.63, 3.8) is 0 Å². The molecule has 0 saturated carbocycles. The first kappa shape index (κ1) is 16.6. The van der Waals surface area contributed by atoms with Gasteiger partial charge >= 0.3 is 0 Å². The van der Waals surface area contributed by atoms with E-state index in [1.54, 1.807) is 11.3 Å². The van der Waals surface area contributed by atoms with Crippen molar-refractivity contribution in [3.8, 4) is 0 Å². The second kappa shape index (κ2) is 7.19. The average molecular weight is 356 g/mol. The molecule has 0 radical (unpaired) electrons. The quantitative estimate of drug-likeness (QED) is 0.679. The van der Waals surface area contributed by atoms with Gasteiger partial charge in [-0.05, 0) is 32.9 Å². The maximum Gasteiger partial charge on any atom is 0.155 e. The van der Waals surface area contributed by atoms with Crippen molar-refractivity contribution in [1.82, 2.24) is 29.2 Å². The van der Waals surface area contributed by atoms with Crippen molar-refractivity contribution in [2.45, 2.75) is 26.4 Å². The highest BCUT2D eigenvalue weighted by Crippen LogP contribution is 2.21. The number of hydrogen-bond acceptors (Lipinski definition) is 6. The van der Waals surface area contributed by atoms with Crippen LogP contribution in [0.4, 0.5) is 0 Å². The first-order valence-corrected chi connectivity index (χ1v) is 9.63. The van der Waals surface area contributed by atoms with Crippen LogP contribution in [0.3, 0.4) is 0 Å². The molecule has 3 aromatic heterocycles. The van der Waals surface area contributed by atoms with E-state index in [-0.39, 0.29) is 0 Å². The largest absolute Gasteiger partial charge is 0.301 e. The van der Waals surface area contributed by atoms with Crippen LogP contribution in [0, 0.1) is 12.8 Å². The molecular weight excluding hydrogens is 332 g/mol. The zero-order valence-electron chi connectivity index (χ0n) is 14.8. The third kappa shape index (κ3) is 3.73.